The van der Waals surface area contributed by atoms with E-state index in [9.17, 15) is 9.59 Å². The van der Waals surface area contributed by atoms with Crippen LogP contribution in [-0.2, 0) is 4.79 Å². The zero-order chi connectivity index (χ0) is 15.5. The standard InChI is InChI=1S/C16H22N2O3/c1-4-21-13-7-5-12(6-8-13)14(19)11-18-10-9-17-15(20)16(18,2)3/h5-8H,4,9-11H2,1-3H3,(H,17,20). The van der Waals surface area contributed by atoms with Crippen LogP contribution in [0.3, 0.4) is 0 Å². The highest BCUT2D eigenvalue weighted by molar-refractivity contribution is 5.98. The molecule has 1 aromatic carbocycles. The summed E-state index contributed by atoms with van der Waals surface area (Å²) in [7, 11) is 0. The van der Waals surface area contributed by atoms with Gasteiger partial charge in [0, 0.05) is 18.7 Å². The Hall–Kier alpha value is -1.88. The van der Waals surface area contributed by atoms with Crippen molar-refractivity contribution in [2.75, 3.05) is 26.2 Å². The molecule has 1 saturated heterocycles. The van der Waals surface area contributed by atoms with E-state index in [1.54, 1.807) is 24.3 Å². The molecule has 0 radical (unpaired) electrons. The van der Waals surface area contributed by atoms with E-state index in [1.165, 1.54) is 0 Å². The molecule has 21 heavy (non-hydrogen) atoms. The SMILES string of the molecule is CCOc1ccc(C(=O)CN2CCNC(=O)C2(C)C)cc1. The number of rotatable bonds is 5. The van der Waals surface area contributed by atoms with Crippen molar-refractivity contribution in [1.29, 1.82) is 0 Å². The number of nitrogens with one attached hydrogen (secondary N) is 1. The van der Waals surface area contributed by atoms with Gasteiger partial charge in [-0.05, 0) is 45.0 Å². The lowest BCUT2D eigenvalue weighted by atomic mass is 9.97. The van der Waals surface area contributed by atoms with Crippen molar-refractivity contribution in [1.82, 2.24) is 10.2 Å². The van der Waals surface area contributed by atoms with Crippen LogP contribution < -0.4 is 10.1 Å². The first-order chi connectivity index (χ1) is 9.95. The molecule has 114 valence electrons. The molecule has 0 saturated carbocycles. The van der Waals surface area contributed by atoms with Crippen LogP contribution in [0.2, 0.25) is 0 Å². The second-order valence-corrected chi connectivity index (χ2v) is 5.62. The largest absolute Gasteiger partial charge is 0.494 e. The Balaban J connectivity index is 2.05. The lowest BCUT2D eigenvalue weighted by Gasteiger charge is -2.40. The lowest BCUT2D eigenvalue weighted by molar-refractivity contribution is -0.134. The number of carbonyl (C=O) groups excluding carboxylic acids is 2. The van der Waals surface area contributed by atoms with E-state index in [4.69, 9.17) is 4.74 Å². The number of ether oxygens (including phenoxy) is 1. The third kappa shape index (κ3) is 3.42. The van der Waals surface area contributed by atoms with Gasteiger partial charge in [-0.2, -0.15) is 0 Å². The molecule has 1 aliphatic heterocycles. The fourth-order valence-electron chi connectivity index (χ4n) is 2.39. The Morgan fingerprint density at radius 3 is 2.62 bits per heavy atom. The quantitative estimate of drug-likeness (QED) is 0.835. The molecule has 0 spiro atoms. The molecule has 0 aromatic heterocycles. The number of ketones is 1. The van der Waals surface area contributed by atoms with Crippen molar-refractivity contribution in [3.05, 3.63) is 29.8 Å². The van der Waals surface area contributed by atoms with Gasteiger partial charge in [-0.15, -0.1) is 0 Å². The first-order valence-corrected chi connectivity index (χ1v) is 7.24. The molecule has 1 heterocycles. The molecule has 0 atom stereocenters. The van der Waals surface area contributed by atoms with Crippen LogP contribution in [-0.4, -0.2) is 48.4 Å². The first kappa shape index (κ1) is 15.5. The molecule has 0 bridgehead atoms. The number of hydrogen-bond donors (Lipinski definition) is 1. The second-order valence-electron chi connectivity index (χ2n) is 5.62. The molecule has 1 aromatic rings. The van der Waals surface area contributed by atoms with E-state index in [-0.39, 0.29) is 18.2 Å². The van der Waals surface area contributed by atoms with Gasteiger partial charge in [0.1, 0.15) is 5.75 Å². The van der Waals surface area contributed by atoms with Crippen molar-refractivity contribution < 1.29 is 14.3 Å². The van der Waals surface area contributed by atoms with Gasteiger partial charge in [-0.3, -0.25) is 14.5 Å². The van der Waals surface area contributed by atoms with Gasteiger partial charge in [0.25, 0.3) is 0 Å². The van der Waals surface area contributed by atoms with Gasteiger partial charge in [0.05, 0.1) is 18.7 Å². The van der Waals surface area contributed by atoms with Gasteiger partial charge in [0.2, 0.25) is 5.91 Å². The summed E-state index contributed by atoms with van der Waals surface area (Å²) in [6.45, 7) is 7.71. The number of carbonyl (C=O) groups is 2. The Morgan fingerprint density at radius 2 is 2.00 bits per heavy atom. The normalized spacial score (nSPS) is 18.1. The molecule has 1 aliphatic rings. The van der Waals surface area contributed by atoms with E-state index >= 15 is 0 Å². The first-order valence-electron chi connectivity index (χ1n) is 7.24. The summed E-state index contributed by atoms with van der Waals surface area (Å²) in [5.41, 5.74) is -0.0145. The fourth-order valence-corrected chi connectivity index (χ4v) is 2.39. The summed E-state index contributed by atoms with van der Waals surface area (Å²) in [6.07, 6.45) is 0. The highest BCUT2D eigenvalue weighted by Crippen LogP contribution is 2.19. The van der Waals surface area contributed by atoms with Crippen molar-refractivity contribution in [3.8, 4) is 5.75 Å². The molecule has 5 heteroatoms. The average Bonchev–Trinajstić information content (AvgIpc) is 2.45. The maximum Gasteiger partial charge on any atom is 0.240 e. The predicted molar refractivity (Wildman–Crippen MR) is 80.6 cm³/mol. The minimum Gasteiger partial charge on any atom is -0.494 e. The lowest BCUT2D eigenvalue weighted by Crippen LogP contribution is -2.62. The predicted octanol–water partition coefficient (Wildman–Crippen LogP) is 1.48. The van der Waals surface area contributed by atoms with E-state index < -0.39 is 5.54 Å². The minimum absolute atomic E-state index is 0.0147. The maximum absolute atomic E-state index is 12.4. The molecule has 0 aliphatic carbocycles. The Morgan fingerprint density at radius 1 is 1.33 bits per heavy atom. The molecule has 1 amide bonds. The minimum atomic E-state index is -0.654. The topological polar surface area (TPSA) is 58.6 Å². The summed E-state index contributed by atoms with van der Waals surface area (Å²) in [4.78, 5) is 26.2. The number of piperazine rings is 1. The highest BCUT2D eigenvalue weighted by Gasteiger charge is 2.38. The summed E-state index contributed by atoms with van der Waals surface area (Å²) in [6, 6.07) is 7.13. The molecular weight excluding hydrogens is 268 g/mol. The molecular formula is C16H22N2O3. The van der Waals surface area contributed by atoms with Gasteiger partial charge < -0.3 is 10.1 Å². The number of hydrogen-bond acceptors (Lipinski definition) is 4. The van der Waals surface area contributed by atoms with Crippen molar-refractivity contribution in [3.63, 3.8) is 0 Å². The second kappa shape index (κ2) is 6.26. The third-order valence-corrected chi connectivity index (χ3v) is 3.84. The van der Waals surface area contributed by atoms with Gasteiger partial charge >= 0.3 is 0 Å². The van der Waals surface area contributed by atoms with Crippen molar-refractivity contribution in [2.24, 2.45) is 0 Å². The Bertz CT molecular complexity index is 523. The smallest absolute Gasteiger partial charge is 0.240 e. The Kier molecular flexibility index (Phi) is 4.63. The maximum atomic E-state index is 12.4. The van der Waals surface area contributed by atoms with Crippen molar-refractivity contribution in [2.45, 2.75) is 26.3 Å². The molecule has 2 rings (SSSR count). The third-order valence-electron chi connectivity index (χ3n) is 3.84. The van der Waals surface area contributed by atoms with Gasteiger partial charge in [0.15, 0.2) is 5.78 Å². The van der Waals surface area contributed by atoms with Crippen LogP contribution in [0, 0.1) is 0 Å². The fraction of sp³-hybridized carbons (Fsp3) is 0.500. The van der Waals surface area contributed by atoms with Crippen LogP contribution in [0.1, 0.15) is 31.1 Å². The van der Waals surface area contributed by atoms with E-state index in [1.807, 2.05) is 25.7 Å². The highest BCUT2D eigenvalue weighted by atomic mass is 16.5. The van der Waals surface area contributed by atoms with Crippen LogP contribution in [0.4, 0.5) is 0 Å². The van der Waals surface area contributed by atoms with E-state index in [2.05, 4.69) is 5.32 Å². The summed E-state index contributed by atoms with van der Waals surface area (Å²) in [5, 5.41) is 2.83. The molecule has 1 N–H and O–H groups in total. The number of benzene rings is 1. The number of amides is 1. The molecule has 1 fully saturated rings. The zero-order valence-electron chi connectivity index (χ0n) is 12.8. The van der Waals surface area contributed by atoms with Gasteiger partial charge in [-0.25, -0.2) is 0 Å². The number of nitrogens with zero attached hydrogens (tertiary/aromatic N) is 1. The Labute approximate surface area is 125 Å². The zero-order valence-corrected chi connectivity index (χ0v) is 12.8. The molecule has 5 nitrogen and oxygen atoms in total. The summed E-state index contributed by atoms with van der Waals surface area (Å²) in [5.74, 6) is 0.737. The van der Waals surface area contributed by atoms with Crippen molar-refractivity contribution >= 4 is 11.7 Å². The van der Waals surface area contributed by atoms with Gasteiger partial charge in [-0.1, -0.05) is 0 Å². The summed E-state index contributed by atoms with van der Waals surface area (Å²) >= 11 is 0. The molecule has 0 unspecified atom stereocenters. The monoisotopic (exact) mass is 290 g/mol. The van der Waals surface area contributed by atoms with Crippen LogP contribution in [0.15, 0.2) is 24.3 Å². The van der Waals surface area contributed by atoms with Crippen LogP contribution in [0.25, 0.3) is 0 Å². The van der Waals surface area contributed by atoms with Crippen LogP contribution in [0.5, 0.6) is 5.75 Å². The van der Waals surface area contributed by atoms with E-state index in [0.717, 1.165) is 5.75 Å². The number of Topliss-reactive ketones (excluding diaryl/α,β-unsaturated/α-hetero) is 1. The average molecular weight is 290 g/mol. The van der Waals surface area contributed by atoms with Crippen LogP contribution >= 0.6 is 0 Å². The summed E-state index contributed by atoms with van der Waals surface area (Å²) < 4.78 is 5.36. The van der Waals surface area contributed by atoms with E-state index in [0.29, 0.717) is 25.3 Å².